The Balaban J connectivity index is 3.12. The number of carboxylic acids is 1. The minimum absolute atomic E-state index is 0.0303. The van der Waals surface area contributed by atoms with Crippen molar-refractivity contribution in [2.75, 3.05) is 11.8 Å². The van der Waals surface area contributed by atoms with Crippen molar-refractivity contribution in [3.05, 3.63) is 23.8 Å². The van der Waals surface area contributed by atoms with Crippen LogP contribution in [-0.2, 0) is 10.0 Å². The number of aromatic carboxylic acids is 1. The van der Waals surface area contributed by atoms with Gasteiger partial charge in [0.25, 0.3) is 0 Å². The van der Waals surface area contributed by atoms with Crippen LogP contribution in [0.25, 0.3) is 0 Å². The van der Waals surface area contributed by atoms with Crippen molar-refractivity contribution in [2.45, 2.75) is 18.6 Å². The second-order valence-electron chi connectivity index (χ2n) is 3.89. The maximum atomic E-state index is 11.9. The van der Waals surface area contributed by atoms with Gasteiger partial charge in [0.15, 0.2) is 5.25 Å². The van der Waals surface area contributed by atoms with Crippen LogP contribution in [0.3, 0.4) is 0 Å². The van der Waals surface area contributed by atoms with E-state index in [9.17, 15) is 13.2 Å². The highest BCUT2D eigenvalue weighted by Gasteiger charge is 2.24. The maximum Gasteiger partial charge on any atom is 0.339 e. The second kappa shape index (κ2) is 6.25. The van der Waals surface area contributed by atoms with Crippen molar-refractivity contribution in [1.82, 2.24) is 0 Å². The van der Waals surface area contributed by atoms with E-state index in [1.807, 2.05) is 0 Å². The summed E-state index contributed by atoms with van der Waals surface area (Å²) in [6.45, 7) is 1.58. The van der Waals surface area contributed by atoms with Gasteiger partial charge in [0.05, 0.1) is 18.9 Å². The first-order valence-corrected chi connectivity index (χ1v) is 7.23. The lowest BCUT2D eigenvalue weighted by Gasteiger charge is -2.13. The number of carbonyl (C=O) groups is 1. The van der Waals surface area contributed by atoms with Crippen LogP contribution in [0.4, 0.5) is 5.69 Å². The maximum absolute atomic E-state index is 11.9. The zero-order chi connectivity index (χ0) is 15.3. The van der Waals surface area contributed by atoms with Crippen LogP contribution in [0.2, 0.25) is 0 Å². The molecule has 0 aromatic heterocycles. The fourth-order valence-corrected chi connectivity index (χ4v) is 2.72. The van der Waals surface area contributed by atoms with E-state index in [0.717, 1.165) is 0 Å². The number of benzene rings is 1. The topological polar surface area (TPSA) is 116 Å². The Kier molecular flexibility index (Phi) is 4.94. The minimum Gasteiger partial charge on any atom is -0.496 e. The summed E-state index contributed by atoms with van der Waals surface area (Å²) in [6.07, 6.45) is 0.149. The van der Waals surface area contributed by atoms with Gasteiger partial charge in [-0.2, -0.15) is 5.26 Å². The van der Waals surface area contributed by atoms with Gasteiger partial charge in [-0.05, 0) is 18.6 Å². The largest absolute Gasteiger partial charge is 0.496 e. The monoisotopic (exact) mass is 298 g/mol. The normalized spacial score (nSPS) is 12.2. The molecule has 1 unspecified atom stereocenters. The van der Waals surface area contributed by atoms with Gasteiger partial charge in [-0.15, -0.1) is 0 Å². The van der Waals surface area contributed by atoms with Crippen molar-refractivity contribution in [1.29, 1.82) is 5.26 Å². The molecule has 1 atom stereocenters. The van der Waals surface area contributed by atoms with Gasteiger partial charge in [0, 0.05) is 6.07 Å². The predicted octanol–water partition coefficient (Wildman–Crippen LogP) is 1.44. The first-order chi connectivity index (χ1) is 9.35. The summed E-state index contributed by atoms with van der Waals surface area (Å²) in [4.78, 5) is 10.9. The minimum atomic E-state index is -3.85. The number of nitrogens with zero attached hydrogens (tertiary/aromatic N) is 1. The Morgan fingerprint density at radius 2 is 2.20 bits per heavy atom. The SMILES string of the molecule is CCC(C#N)S(=O)(=O)Nc1ccc(C(=O)O)c(OC)c1. The fourth-order valence-electron chi connectivity index (χ4n) is 1.55. The van der Waals surface area contributed by atoms with Crippen LogP contribution in [0.1, 0.15) is 23.7 Å². The lowest BCUT2D eigenvalue weighted by atomic mass is 10.2. The van der Waals surface area contributed by atoms with Gasteiger partial charge in [-0.1, -0.05) is 6.92 Å². The van der Waals surface area contributed by atoms with Crippen molar-refractivity contribution < 1.29 is 23.1 Å². The van der Waals surface area contributed by atoms with E-state index in [1.54, 1.807) is 13.0 Å². The molecule has 0 heterocycles. The Morgan fingerprint density at radius 1 is 1.55 bits per heavy atom. The predicted molar refractivity (Wildman–Crippen MR) is 72.2 cm³/mol. The van der Waals surface area contributed by atoms with E-state index in [1.165, 1.54) is 25.3 Å². The summed E-state index contributed by atoms with van der Waals surface area (Å²) >= 11 is 0. The van der Waals surface area contributed by atoms with Crippen LogP contribution < -0.4 is 9.46 Å². The first kappa shape index (κ1) is 15.8. The Hall–Kier alpha value is -2.27. The zero-order valence-corrected chi connectivity index (χ0v) is 11.8. The molecule has 1 rings (SSSR count). The molecule has 0 saturated carbocycles. The third-order valence-electron chi connectivity index (χ3n) is 2.58. The van der Waals surface area contributed by atoms with Crippen LogP contribution >= 0.6 is 0 Å². The van der Waals surface area contributed by atoms with Gasteiger partial charge in [0.1, 0.15) is 11.3 Å². The van der Waals surface area contributed by atoms with Gasteiger partial charge >= 0.3 is 5.97 Å². The van der Waals surface area contributed by atoms with Gasteiger partial charge in [0.2, 0.25) is 10.0 Å². The lowest BCUT2D eigenvalue weighted by Crippen LogP contribution is -2.26. The first-order valence-electron chi connectivity index (χ1n) is 5.68. The lowest BCUT2D eigenvalue weighted by molar-refractivity contribution is 0.0693. The molecule has 0 spiro atoms. The molecule has 20 heavy (non-hydrogen) atoms. The summed E-state index contributed by atoms with van der Waals surface area (Å²) < 4.78 is 30.9. The molecule has 0 aliphatic rings. The van der Waals surface area contributed by atoms with Crippen molar-refractivity contribution >= 4 is 21.7 Å². The summed E-state index contributed by atoms with van der Waals surface area (Å²) in [7, 11) is -2.57. The van der Waals surface area contributed by atoms with E-state index in [4.69, 9.17) is 15.1 Å². The molecule has 0 amide bonds. The molecular weight excluding hydrogens is 284 g/mol. The number of ether oxygens (including phenoxy) is 1. The van der Waals surface area contributed by atoms with Crippen LogP contribution in [0.15, 0.2) is 18.2 Å². The molecule has 0 fully saturated rings. The quantitative estimate of drug-likeness (QED) is 0.820. The molecule has 0 aliphatic heterocycles. The van der Waals surface area contributed by atoms with Crippen molar-refractivity contribution in [3.8, 4) is 11.8 Å². The average Bonchev–Trinajstić information content (AvgIpc) is 2.38. The van der Waals surface area contributed by atoms with Crippen molar-refractivity contribution in [3.63, 3.8) is 0 Å². The second-order valence-corrected chi connectivity index (χ2v) is 5.76. The summed E-state index contributed by atoms with van der Waals surface area (Å²) in [5, 5.41) is 16.5. The number of sulfonamides is 1. The third kappa shape index (κ3) is 3.39. The number of hydrogen-bond acceptors (Lipinski definition) is 5. The average molecular weight is 298 g/mol. The number of rotatable bonds is 6. The van der Waals surface area contributed by atoms with Crippen LogP contribution in [-0.4, -0.2) is 31.9 Å². The Labute approximate surface area is 116 Å². The van der Waals surface area contributed by atoms with E-state index in [2.05, 4.69) is 4.72 Å². The molecule has 0 aliphatic carbocycles. The van der Waals surface area contributed by atoms with Gasteiger partial charge < -0.3 is 9.84 Å². The number of nitrogens with one attached hydrogen (secondary N) is 1. The smallest absolute Gasteiger partial charge is 0.339 e. The fraction of sp³-hybridized carbons (Fsp3) is 0.333. The highest BCUT2D eigenvalue weighted by atomic mass is 32.2. The molecule has 1 aromatic rings. The molecule has 7 nitrogen and oxygen atoms in total. The van der Waals surface area contributed by atoms with Gasteiger partial charge in [-0.3, -0.25) is 4.72 Å². The summed E-state index contributed by atoms with van der Waals surface area (Å²) in [6, 6.07) is 5.48. The highest BCUT2D eigenvalue weighted by Crippen LogP contribution is 2.24. The molecule has 108 valence electrons. The van der Waals surface area contributed by atoms with Gasteiger partial charge in [-0.25, -0.2) is 13.2 Å². The summed E-state index contributed by atoms with van der Waals surface area (Å²) in [5.41, 5.74) is 0.0586. The number of methoxy groups -OCH3 is 1. The molecule has 0 radical (unpaired) electrons. The number of carboxylic acid groups (broad SMARTS) is 1. The van der Waals surface area contributed by atoms with E-state index in [0.29, 0.717) is 0 Å². The van der Waals surface area contributed by atoms with E-state index in [-0.39, 0.29) is 23.4 Å². The van der Waals surface area contributed by atoms with Crippen LogP contribution in [0, 0.1) is 11.3 Å². The standard InChI is InChI=1S/C12H14N2O5S/c1-3-9(7-13)20(17,18)14-8-4-5-10(12(15)16)11(6-8)19-2/h4-6,9,14H,3H2,1-2H3,(H,15,16). The Bertz CT molecular complexity index is 648. The number of nitriles is 1. The van der Waals surface area contributed by atoms with Crippen LogP contribution in [0.5, 0.6) is 5.75 Å². The van der Waals surface area contributed by atoms with E-state index < -0.39 is 21.2 Å². The molecule has 0 saturated heterocycles. The molecule has 8 heteroatoms. The number of anilines is 1. The third-order valence-corrected chi connectivity index (χ3v) is 4.29. The van der Waals surface area contributed by atoms with Crippen molar-refractivity contribution in [2.24, 2.45) is 0 Å². The molecule has 2 N–H and O–H groups in total. The summed E-state index contributed by atoms with van der Waals surface area (Å²) in [5.74, 6) is -1.15. The Morgan fingerprint density at radius 3 is 2.65 bits per heavy atom. The zero-order valence-electron chi connectivity index (χ0n) is 11.0. The molecule has 0 bridgehead atoms. The molecule has 1 aromatic carbocycles. The molecular formula is C12H14N2O5S. The highest BCUT2D eigenvalue weighted by molar-refractivity contribution is 7.93. The van der Waals surface area contributed by atoms with E-state index >= 15 is 0 Å². The number of hydrogen-bond donors (Lipinski definition) is 2.